The molecule has 0 spiro atoms. The van der Waals surface area contributed by atoms with Crippen LogP contribution in [0.3, 0.4) is 0 Å². The number of amides is 1. The summed E-state index contributed by atoms with van der Waals surface area (Å²) in [7, 11) is 0. The molecule has 3 rings (SSSR count). The van der Waals surface area contributed by atoms with Gasteiger partial charge >= 0.3 is 0 Å². The number of hydrogen-bond donors (Lipinski definition) is 2. The van der Waals surface area contributed by atoms with Gasteiger partial charge in [-0.1, -0.05) is 12.1 Å². The van der Waals surface area contributed by atoms with E-state index in [-0.39, 0.29) is 11.9 Å². The van der Waals surface area contributed by atoms with Gasteiger partial charge in [0.25, 0.3) is 5.91 Å². The first-order valence-electron chi connectivity index (χ1n) is 7.00. The molecule has 0 saturated heterocycles. The SMILES string of the molecule is Cc1cc(C(C)NC(=O)c2cccc3cc[nH]c23)c(C)s1. The first-order valence-corrected chi connectivity index (χ1v) is 7.82. The van der Waals surface area contributed by atoms with Gasteiger partial charge in [0.05, 0.1) is 17.1 Å². The van der Waals surface area contributed by atoms with Gasteiger partial charge in [-0.2, -0.15) is 0 Å². The molecule has 2 N–H and O–H groups in total. The maximum absolute atomic E-state index is 12.5. The normalized spacial score (nSPS) is 12.5. The number of hydrogen-bond acceptors (Lipinski definition) is 2. The fourth-order valence-electron chi connectivity index (χ4n) is 2.71. The van der Waals surface area contributed by atoms with E-state index in [2.05, 4.69) is 30.2 Å². The highest BCUT2D eigenvalue weighted by Crippen LogP contribution is 2.26. The van der Waals surface area contributed by atoms with Crippen molar-refractivity contribution in [3.8, 4) is 0 Å². The van der Waals surface area contributed by atoms with Crippen LogP contribution in [0.2, 0.25) is 0 Å². The number of aromatic amines is 1. The first kappa shape index (κ1) is 13.9. The number of aryl methyl sites for hydroxylation is 2. The number of carbonyl (C=O) groups is 1. The maximum Gasteiger partial charge on any atom is 0.253 e. The molecule has 0 bridgehead atoms. The Kier molecular flexibility index (Phi) is 3.55. The Hall–Kier alpha value is -2.07. The third-order valence-corrected chi connectivity index (χ3v) is 4.71. The van der Waals surface area contributed by atoms with Crippen molar-refractivity contribution < 1.29 is 4.79 Å². The van der Waals surface area contributed by atoms with Crippen LogP contribution in [0.4, 0.5) is 0 Å². The zero-order valence-electron chi connectivity index (χ0n) is 12.4. The highest BCUT2D eigenvalue weighted by Gasteiger charge is 2.16. The van der Waals surface area contributed by atoms with Crippen LogP contribution in [0, 0.1) is 13.8 Å². The van der Waals surface area contributed by atoms with E-state index in [4.69, 9.17) is 0 Å². The molecule has 2 heterocycles. The molecule has 108 valence electrons. The molecule has 3 aromatic rings. The smallest absolute Gasteiger partial charge is 0.253 e. The summed E-state index contributed by atoms with van der Waals surface area (Å²) in [6, 6.07) is 9.90. The van der Waals surface area contributed by atoms with E-state index in [0.29, 0.717) is 5.56 Å². The molecule has 2 aromatic heterocycles. The highest BCUT2D eigenvalue weighted by atomic mass is 32.1. The number of carbonyl (C=O) groups excluding carboxylic acids is 1. The fraction of sp³-hybridized carbons (Fsp3) is 0.235. The van der Waals surface area contributed by atoms with E-state index in [1.165, 1.54) is 15.3 Å². The molecule has 1 aromatic carbocycles. The van der Waals surface area contributed by atoms with E-state index in [1.54, 1.807) is 11.3 Å². The molecule has 21 heavy (non-hydrogen) atoms. The van der Waals surface area contributed by atoms with Crippen LogP contribution in [-0.4, -0.2) is 10.9 Å². The van der Waals surface area contributed by atoms with Crippen molar-refractivity contribution in [3.05, 3.63) is 57.4 Å². The van der Waals surface area contributed by atoms with Gasteiger partial charge in [0.15, 0.2) is 0 Å². The van der Waals surface area contributed by atoms with Crippen LogP contribution in [0.15, 0.2) is 36.5 Å². The predicted octanol–water partition coefficient (Wildman–Crippen LogP) is 4.34. The zero-order valence-corrected chi connectivity index (χ0v) is 13.2. The number of nitrogens with one attached hydrogen (secondary N) is 2. The molecule has 0 saturated carbocycles. The Morgan fingerprint density at radius 1 is 1.29 bits per heavy atom. The second kappa shape index (κ2) is 5.37. The number of H-pyrrole nitrogens is 1. The number of benzene rings is 1. The summed E-state index contributed by atoms with van der Waals surface area (Å²) < 4.78 is 0. The van der Waals surface area contributed by atoms with E-state index in [0.717, 1.165) is 10.9 Å². The average Bonchev–Trinajstić information content (AvgIpc) is 3.04. The van der Waals surface area contributed by atoms with Crippen LogP contribution in [0.5, 0.6) is 0 Å². The van der Waals surface area contributed by atoms with Gasteiger partial charge in [0.2, 0.25) is 0 Å². The largest absolute Gasteiger partial charge is 0.361 e. The van der Waals surface area contributed by atoms with Crippen molar-refractivity contribution in [2.45, 2.75) is 26.8 Å². The minimum atomic E-state index is -0.0428. The quantitative estimate of drug-likeness (QED) is 0.742. The molecule has 0 fully saturated rings. The van der Waals surface area contributed by atoms with Crippen molar-refractivity contribution in [2.75, 3.05) is 0 Å². The van der Waals surface area contributed by atoms with E-state index in [9.17, 15) is 4.79 Å². The second-order valence-corrected chi connectivity index (χ2v) is 6.77. The summed E-state index contributed by atoms with van der Waals surface area (Å²) in [5.74, 6) is -0.0428. The van der Waals surface area contributed by atoms with Crippen molar-refractivity contribution >= 4 is 28.1 Å². The third-order valence-electron chi connectivity index (χ3n) is 3.73. The molecule has 1 atom stereocenters. The molecule has 3 nitrogen and oxygen atoms in total. The van der Waals surface area contributed by atoms with Gasteiger partial charge in [-0.05, 0) is 44.5 Å². The molecule has 0 aliphatic heterocycles. The molecule has 4 heteroatoms. The number of rotatable bonds is 3. The lowest BCUT2D eigenvalue weighted by Crippen LogP contribution is -2.27. The molecule has 0 aliphatic rings. The molecular weight excluding hydrogens is 280 g/mol. The predicted molar refractivity (Wildman–Crippen MR) is 88.0 cm³/mol. The summed E-state index contributed by atoms with van der Waals surface area (Å²) >= 11 is 1.77. The summed E-state index contributed by atoms with van der Waals surface area (Å²) in [6.07, 6.45) is 1.86. The highest BCUT2D eigenvalue weighted by molar-refractivity contribution is 7.12. The average molecular weight is 298 g/mol. The topological polar surface area (TPSA) is 44.9 Å². The van der Waals surface area contributed by atoms with E-state index >= 15 is 0 Å². The number of aromatic nitrogens is 1. The monoisotopic (exact) mass is 298 g/mol. The fourth-order valence-corrected chi connectivity index (χ4v) is 3.73. The van der Waals surface area contributed by atoms with Crippen molar-refractivity contribution in [1.29, 1.82) is 0 Å². The maximum atomic E-state index is 12.5. The summed E-state index contributed by atoms with van der Waals surface area (Å²) in [5, 5.41) is 4.15. The lowest BCUT2D eigenvalue weighted by molar-refractivity contribution is 0.0941. The number of para-hydroxylation sites is 1. The van der Waals surface area contributed by atoms with Gasteiger partial charge in [0, 0.05) is 21.3 Å². The number of fused-ring (bicyclic) bond motifs is 1. The van der Waals surface area contributed by atoms with Crippen LogP contribution >= 0.6 is 11.3 Å². The van der Waals surface area contributed by atoms with E-state index in [1.807, 2.05) is 37.4 Å². The third kappa shape index (κ3) is 2.59. The zero-order chi connectivity index (χ0) is 15.0. The summed E-state index contributed by atoms with van der Waals surface area (Å²) in [5.41, 5.74) is 2.78. The molecule has 1 amide bonds. The minimum absolute atomic E-state index is 0.00710. The first-order chi connectivity index (χ1) is 10.1. The van der Waals surface area contributed by atoms with Gasteiger partial charge in [-0.25, -0.2) is 0 Å². The van der Waals surface area contributed by atoms with Crippen molar-refractivity contribution in [2.24, 2.45) is 0 Å². The van der Waals surface area contributed by atoms with E-state index < -0.39 is 0 Å². The minimum Gasteiger partial charge on any atom is -0.361 e. The lowest BCUT2D eigenvalue weighted by atomic mass is 10.1. The summed E-state index contributed by atoms with van der Waals surface area (Å²) in [6.45, 7) is 6.22. The van der Waals surface area contributed by atoms with Gasteiger partial charge in [-0.3, -0.25) is 4.79 Å². The number of thiophene rings is 1. The van der Waals surface area contributed by atoms with Crippen LogP contribution in [0.25, 0.3) is 10.9 Å². The van der Waals surface area contributed by atoms with Gasteiger partial charge in [0.1, 0.15) is 0 Å². The lowest BCUT2D eigenvalue weighted by Gasteiger charge is -2.14. The Morgan fingerprint density at radius 3 is 2.81 bits per heavy atom. The standard InChI is InChI=1S/C17H18N2OS/c1-10-9-15(12(3)21-10)11(2)19-17(20)14-6-4-5-13-7-8-18-16(13)14/h4-9,11,18H,1-3H3,(H,19,20). The van der Waals surface area contributed by atoms with Crippen molar-refractivity contribution in [1.82, 2.24) is 10.3 Å². The molecular formula is C17H18N2OS. The van der Waals surface area contributed by atoms with Crippen LogP contribution in [-0.2, 0) is 0 Å². The second-order valence-electron chi connectivity index (χ2n) is 5.31. The Morgan fingerprint density at radius 2 is 2.10 bits per heavy atom. The van der Waals surface area contributed by atoms with Crippen LogP contribution < -0.4 is 5.32 Å². The Balaban J connectivity index is 1.86. The molecule has 1 unspecified atom stereocenters. The van der Waals surface area contributed by atoms with Gasteiger partial charge in [-0.15, -0.1) is 11.3 Å². The molecule has 0 radical (unpaired) electrons. The summed E-state index contributed by atoms with van der Waals surface area (Å²) in [4.78, 5) is 18.2. The van der Waals surface area contributed by atoms with Crippen LogP contribution in [0.1, 0.15) is 38.6 Å². The van der Waals surface area contributed by atoms with Crippen molar-refractivity contribution in [3.63, 3.8) is 0 Å². The Labute approximate surface area is 128 Å². The Bertz CT molecular complexity index is 800. The van der Waals surface area contributed by atoms with Gasteiger partial charge < -0.3 is 10.3 Å². The molecule has 0 aliphatic carbocycles.